The molecule has 1 aliphatic heterocycles. The molecular formula is C23H20N2O5. The Morgan fingerprint density at radius 1 is 1.00 bits per heavy atom. The Morgan fingerprint density at radius 3 is 2.47 bits per heavy atom. The minimum Gasteiger partial charge on any atom is -0.478 e. The molecule has 2 aliphatic rings. The van der Waals surface area contributed by atoms with Gasteiger partial charge >= 0.3 is 5.97 Å². The number of carbonyl (C=O) groups excluding carboxylic acids is 3. The number of carboxylic acids is 1. The van der Waals surface area contributed by atoms with Crippen LogP contribution in [-0.4, -0.2) is 28.8 Å². The molecule has 1 aliphatic carbocycles. The van der Waals surface area contributed by atoms with Gasteiger partial charge in [-0.2, -0.15) is 0 Å². The van der Waals surface area contributed by atoms with Crippen molar-refractivity contribution in [3.63, 3.8) is 0 Å². The number of aromatic carboxylic acids is 1. The highest BCUT2D eigenvalue weighted by molar-refractivity contribution is 6.22. The summed E-state index contributed by atoms with van der Waals surface area (Å²) in [6.45, 7) is 1.96. The molecule has 0 spiro atoms. The van der Waals surface area contributed by atoms with Crippen LogP contribution >= 0.6 is 0 Å². The van der Waals surface area contributed by atoms with Gasteiger partial charge in [0, 0.05) is 11.3 Å². The van der Waals surface area contributed by atoms with Gasteiger partial charge in [-0.3, -0.25) is 19.3 Å². The molecule has 2 N–H and O–H groups in total. The molecule has 2 aromatic rings. The zero-order valence-corrected chi connectivity index (χ0v) is 16.3. The number of carbonyl (C=O) groups is 4. The number of hydrogen-bond acceptors (Lipinski definition) is 4. The number of benzene rings is 2. The Morgan fingerprint density at radius 2 is 1.70 bits per heavy atom. The van der Waals surface area contributed by atoms with Gasteiger partial charge in [0.15, 0.2) is 0 Å². The van der Waals surface area contributed by atoms with Crippen molar-refractivity contribution >= 4 is 35.1 Å². The summed E-state index contributed by atoms with van der Waals surface area (Å²) in [5.41, 5.74) is 2.13. The Balaban J connectivity index is 1.57. The third-order valence-corrected chi connectivity index (χ3v) is 5.56. The molecule has 152 valence electrons. The number of imide groups is 1. The second-order valence-electron chi connectivity index (χ2n) is 7.61. The number of carboxylic acid groups (broad SMARTS) is 1. The summed E-state index contributed by atoms with van der Waals surface area (Å²) in [5, 5.41) is 11.7. The second kappa shape index (κ2) is 7.59. The van der Waals surface area contributed by atoms with Gasteiger partial charge in [0.05, 0.1) is 23.1 Å². The molecular weight excluding hydrogens is 384 g/mol. The van der Waals surface area contributed by atoms with Crippen LogP contribution in [0.1, 0.15) is 40.5 Å². The number of anilines is 2. The molecule has 4 rings (SSSR count). The quantitative estimate of drug-likeness (QED) is 0.600. The zero-order valence-electron chi connectivity index (χ0n) is 16.3. The van der Waals surface area contributed by atoms with Gasteiger partial charge in [0.2, 0.25) is 11.8 Å². The predicted molar refractivity (Wildman–Crippen MR) is 110 cm³/mol. The van der Waals surface area contributed by atoms with Crippen LogP contribution in [0.25, 0.3) is 0 Å². The number of rotatable bonds is 4. The van der Waals surface area contributed by atoms with Crippen molar-refractivity contribution in [1.82, 2.24) is 0 Å². The van der Waals surface area contributed by atoms with Gasteiger partial charge in [0.25, 0.3) is 5.91 Å². The van der Waals surface area contributed by atoms with Crippen LogP contribution in [-0.2, 0) is 9.59 Å². The summed E-state index contributed by atoms with van der Waals surface area (Å²) >= 11 is 0. The normalized spacial score (nSPS) is 20.6. The molecule has 3 amide bonds. The zero-order chi connectivity index (χ0) is 21.4. The van der Waals surface area contributed by atoms with E-state index in [4.69, 9.17) is 5.11 Å². The maximum atomic E-state index is 12.9. The molecule has 1 saturated heterocycles. The first-order chi connectivity index (χ1) is 14.3. The first-order valence-electron chi connectivity index (χ1n) is 9.63. The number of allylic oxidation sites excluding steroid dienone is 2. The van der Waals surface area contributed by atoms with Crippen molar-refractivity contribution in [2.24, 2.45) is 11.8 Å². The number of amides is 3. The van der Waals surface area contributed by atoms with Crippen LogP contribution in [0.3, 0.4) is 0 Å². The first-order valence-corrected chi connectivity index (χ1v) is 9.63. The van der Waals surface area contributed by atoms with Crippen molar-refractivity contribution in [3.8, 4) is 0 Å². The van der Waals surface area contributed by atoms with E-state index in [2.05, 4.69) is 5.32 Å². The van der Waals surface area contributed by atoms with Crippen LogP contribution in [0.15, 0.2) is 60.2 Å². The molecule has 1 heterocycles. The Bertz CT molecular complexity index is 1100. The van der Waals surface area contributed by atoms with E-state index in [1.807, 2.05) is 13.0 Å². The molecule has 0 radical (unpaired) electrons. The third-order valence-electron chi connectivity index (χ3n) is 5.56. The fourth-order valence-electron chi connectivity index (χ4n) is 4.01. The molecule has 7 heteroatoms. The Hall–Kier alpha value is -3.74. The van der Waals surface area contributed by atoms with E-state index in [-0.39, 0.29) is 34.8 Å². The summed E-state index contributed by atoms with van der Waals surface area (Å²) < 4.78 is 0. The fraction of sp³-hybridized carbons (Fsp3) is 0.217. The number of nitrogens with one attached hydrogen (secondary N) is 1. The van der Waals surface area contributed by atoms with Crippen LogP contribution in [0.4, 0.5) is 11.4 Å². The molecule has 1 fully saturated rings. The molecule has 0 unspecified atom stereocenters. The lowest BCUT2D eigenvalue weighted by Gasteiger charge is -2.18. The lowest BCUT2D eigenvalue weighted by molar-refractivity contribution is -0.122. The highest BCUT2D eigenvalue weighted by Gasteiger charge is 2.48. The minimum absolute atomic E-state index is 0.0568. The summed E-state index contributed by atoms with van der Waals surface area (Å²) in [4.78, 5) is 50.7. The molecule has 0 bridgehead atoms. The smallest absolute Gasteiger partial charge is 0.335 e. The third kappa shape index (κ3) is 3.50. The van der Waals surface area contributed by atoms with E-state index < -0.39 is 11.9 Å². The van der Waals surface area contributed by atoms with E-state index in [9.17, 15) is 19.2 Å². The van der Waals surface area contributed by atoms with E-state index in [0.717, 1.165) is 5.57 Å². The summed E-state index contributed by atoms with van der Waals surface area (Å²) in [5.74, 6) is -2.72. The summed E-state index contributed by atoms with van der Waals surface area (Å²) in [6, 6.07) is 12.2. The fourth-order valence-corrected chi connectivity index (χ4v) is 4.01. The topological polar surface area (TPSA) is 104 Å². The highest BCUT2D eigenvalue weighted by atomic mass is 16.4. The minimum atomic E-state index is -1.09. The van der Waals surface area contributed by atoms with Crippen LogP contribution in [0.5, 0.6) is 0 Å². The second-order valence-corrected chi connectivity index (χ2v) is 7.61. The molecule has 30 heavy (non-hydrogen) atoms. The van der Waals surface area contributed by atoms with Crippen molar-refractivity contribution < 1.29 is 24.3 Å². The van der Waals surface area contributed by atoms with E-state index in [1.54, 1.807) is 24.3 Å². The average Bonchev–Trinajstić information content (AvgIpc) is 2.98. The van der Waals surface area contributed by atoms with Gasteiger partial charge < -0.3 is 10.4 Å². The van der Waals surface area contributed by atoms with E-state index >= 15 is 0 Å². The number of hydrogen-bond donors (Lipinski definition) is 2. The molecule has 2 atom stereocenters. The number of fused-ring (bicyclic) bond motifs is 1. The van der Waals surface area contributed by atoms with Crippen LogP contribution in [0, 0.1) is 11.8 Å². The number of nitrogens with zero attached hydrogens (tertiary/aromatic N) is 1. The lowest BCUT2D eigenvalue weighted by Crippen LogP contribution is -2.31. The Kier molecular flexibility index (Phi) is 4.95. The summed E-state index contributed by atoms with van der Waals surface area (Å²) in [7, 11) is 0. The van der Waals surface area contributed by atoms with E-state index in [0.29, 0.717) is 24.2 Å². The molecule has 7 nitrogen and oxygen atoms in total. The van der Waals surface area contributed by atoms with Crippen molar-refractivity contribution in [1.29, 1.82) is 0 Å². The predicted octanol–water partition coefficient (Wildman–Crippen LogP) is 3.48. The molecule has 2 aromatic carbocycles. The van der Waals surface area contributed by atoms with Crippen LogP contribution in [0.2, 0.25) is 0 Å². The van der Waals surface area contributed by atoms with Gasteiger partial charge in [-0.15, -0.1) is 0 Å². The monoisotopic (exact) mass is 404 g/mol. The average molecular weight is 404 g/mol. The van der Waals surface area contributed by atoms with Gasteiger partial charge in [0.1, 0.15) is 0 Å². The van der Waals surface area contributed by atoms with Crippen molar-refractivity contribution in [3.05, 3.63) is 71.3 Å². The van der Waals surface area contributed by atoms with Gasteiger partial charge in [-0.25, -0.2) is 4.79 Å². The van der Waals surface area contributed by atoms with Crippen molar-refractivity contribution in [2.45, 2.75) is 19.8 Å². The summed E-state index contributed by atoms with van der Waals surface area (Å²) in [6.07, 6.45) is 3.13. The first kappa shape index (κ1) is 19.6. The van der Waals surface area contributed by atoms with Gasteiger partial charge in [-0.05, 0) is 56.2 Å². The maximum Gasteiger partial charge on any atom is 0.335 e. The SMILES string of the molecule is CC1=CC[C@@H]2C(=O)N(c3cccc(C(=O)Nc4cccc(C(=O)O)c4)c3)C(=O)[C@@H]2C1. The maximum absolute atomic E-state index is 12.9. The molecule has 0 aromatic heterocycles. The highest BCUT2D eigenvalue weighted by Crippen LogP contribution is 2.39. The Labute approximate surface area is 173 Å². The van der Waals surface area contributed by atoms with E-state index in [1.165, 1.54) is 29.2 Å². The molecule has 0 saturated carbocycles. The van der Waals surface area contributed by atoms with Crippen molar-refractivity contribution in [2.75, 3.05) is 10.2 Å². The largest absolute Gasteiger partial charge is 0.478 e. The standard InChI is InChI=1S/C23H20N2O5/c1-13-8-9-18-19(10-13)22(28)25(21(18)27)17-7-3-4-14(12-17)20(26)24-16-6-2-5-15(11-16)23(29)30/h2-8,11-12,18-19H,9-10H2,1H3,(H,24,26)(H,29,30)/t18-,19+/m0/s1. The lowest BCUT2D eigenvalue weighted by atomic mass is 9.82. The van der Waals surface area contributed by atoms with Gasteiger partial charge in [-0.1, -0.05) is 23.8 Å². The van der Waals surface area contributed by atoms with Crippen LogP contribution < -0.4 is 10.2 Å².